The minimum absolute atomic E-state index is 0.0413. The zero-order chi connectivity index (χ0) is 19.6. The molecule has 0 aliphatic carbocycles. The molecule has 1 saturated heterocycles. The van der Waals surface area contributed by atoms with Crippen LogP contribution in [0.15, 0.2) is 36.4 Å². The lowest BCUT2D eigenvalue weighted by atomic mass is 10.1. The summed E-state index contributed by atoms with van der Waals surface area (Å²) in [5.74, 6) is -0.607. The molecule has 1 heterocycles. The standard InChI is InChI=1S/C20H21FN2O4/c1-12-4-6-15(21)16(8-12)22-20(25)13-9-19(24)23(11-13)17-10-14(26-2)5-7-18(17)27-3/h4-8,10,13H,9,11H2,1-3H3,(H,22,25). The van der Waals surface area contributed by atoms with Gasteiger partial charge in [-0.3, -0.25) is 9.59 Å². The van der Waals surface area contributed by atoms with Crippen molar-refractivity contribution in [3.63, 3.8) is 0 Å². The third-order valence-electron chi connectivity index (χ3n) is 4.55. The highest BCUT2D eigenvalue weighted by molar-refractivity contribution is 6.04. The topological polar surface area (TPSA) is 67.9 Å². The van der Waals surface area contributed by atoms with E-state index >= 15 is 0 Å². The van der Waals surface area contributed by atoms with E-state index in [2.05, 4.69) is 5.32 Å². The predicted molar refractivity (Wildman–Crippen MR) is 99.8 cm³/mol. The number of amides is 2. The molecular weight excluding hydrogens is 351 g/mol. The van der Waals surface area contributed by atoms with Crippen LogP contribution in [-0.4, -0.2) is 32.6 Å². The SMILES string of the molecule is COc1ccc(OC)c(N2CC(C(=O)Nc3cc(C)ccc3F)CC2=O)c1. The number of hydrogen-bond donors (Lipinski definition) is 1. The summed E-state index contributed by atoms with van der Waals surface area (Å²) in [6.45, 7) is 1.99. The van der Waals surface area contributed by atoms with E-state index in [1.165, 1.54) is 25.2 Å². The van der Waals surface area contributed by atoms with Crippen molar-refractivity contribution in [1.29, 1.82) is 0 Å². The molecule has 2 aromatic rings. The van der Waals surface area contributed by atoms with Crippen molar-refractivity contribution in [3.05, 3.63) is 47.8 Å². The smallest absolute Gasteiger partial charge is 0.229 e. The average Bonchev–Trinajstić information content (AvgIpc) is 3.05. The number of nitrogens with one attached hydrogen (secondary N) is 1. The van der Waals surface area contributed by atoms with E-state index in [1.54, 1.807) is 30.3 Å². The number of ether oxygens (including phenoxy) is 2. The number of methoxy groups -OCH3 is 2. The molecule has 0 spiro atoms. The van der Waals surface area contributed by atoms with Crippen molar-refractivity contribution in [2.24, 2.45) is 5.92 Å². The molecule has 7 heteroatoms. The van der Waals surface area contributed by atoms with Crippen molar-refractivity contribution >= 4 is 23.2 Å². The molecule has 1 fully saturated rings. The second-order valence-corrected chi connectivity index (χ2v) is 6.42. The van der Waals surface area contributed by atoms with E-state index in [0.717, 1.165) is 5.56 Å². The first-order chi connectivity index (χ1) is 12.9. The van der Waals surface area contributed by atoms with Crippen molar-refractivity contribution < 1.29 is 23.5 Å². The van der Waals surface area contributed by atoms with Crippen LogP contribution < -0.4 is 19.7 Å². The molecule has 0 aromatic heterocycles. The van der Waals surface area contributed by atoms with Crippen molar-refractivity contribution in [1.82, 2.24) is 0 Å². The van der Waals surface area contributed by atoms with Gasteiger partial charge in [0.25, 0.3) is 0 Å². The van der Waals surface area contributed by atoms with Crippen LogP contribution in [0.5, 0.6) is 11.5 Å². The van der Waals surface area contributed by atoms with Crippen molar-refractivity contribution in [2.75, 3.05) is 31.0 Å². The fourth-order valence-corrected chi connectivity index (χ4v) is 3.09. The Bertz CT molecular complexity index is 884. The Morgan fingerprint density at radius 1 is 1.19 bits per heavy atom. The second-order valence-electron chi connectivity index (χ2n) is 6.42. The summed E-state index contributed by atoms with van der Waals surface area (Å²) in [4.78, 5) is 26.6. The van der Waals surface area contributed by atoms with Gasteiger partial charge in [-0.05, 0) is 36.8 Å². The number of benzene rings is 2. The molecule has 1 aliphatic rings. The first-order valence-electron chi connectivity index (χ1n) is 8.52. The van der Waals surface area contributed by atoms with Gasteiger partial charge in [-0.25, -0.2) is 4.39 Å². The normalized spacial score (nSPS) is 16.4. The molecular formula is C20H21FN2O4. The highest BCUT2D eigenvalue weighted by Crippen LogP contribution is 2.36. The van der Waals surface area contributed by atoms with Crippen LogP contribution in [0.3, 0.4) is 0 Å². The van der Waals surface area contributed by atoms with Gasteiger partial charge in [0.1, 0.15) is 17.3 Å². The Balaban J connectivity index is 1.79. The monoisotopic (exact) mass is 372 g/mol. The zero-order valence-electron chi connectivity index (χ0n) is 15.4. The number of rotatable bonds is 5. The summed E-state index contributed by atoms with van der Waals surface area (Å²) in [5.41, 5.74) is 1.49. The number of carbonyl (C=O) groups is 2. The first kappa shape index (κ1) is 18.7. The quantitative estimate of drug-likeness (QED) is 0.876. The largest absolute Gasteiger partial charge is 0.497 e. The molecule has 1 atom stereocenters. The van der Waals surface area contributed by atoms with Crippen LogP contribution in [0.4, 0.5) is 15.8 Å². The van der Waals surface area contributed by atoms with Crippen LogP contribution in [0.2, 0.25) is 0 Å². The van der Waals surface area contributed by atoms with E-state index in [-0.39, 0.29) is 24.6 Å². The molecule has 0 bridgehead atoms. The van der Waals surface area contributed by atoms with E-state index in [9.17, 15) is 14.0 Å². The third-order valence-corrected chi connectivity index (χ3v) is 4.55. The van der Waals surface area contributed by atoms with Crippen LogP contribution >= 0.6 is 0 Å². The lowest BCUT2D eigenvalue weighted by molar-refractivity contribution is -0.122. The lowest BCUT2D eigenvalue weighted by Gasteiger charge is -2.20. The summed E-state index contributed by atoms with van der Waals surface area (Å²) >= 11 is 0. The Labute approximate surface area is 156 Å². The molecule has 1 unspecified atom stereocenters. The molecule has 0 radical (unpaired) electrons. The van der Waals surface area contributed by atoms with Crippen molar-refractivity contribution in [2.45, 2.75) is 13.3 Å². The van der Waals surface area contributed by atoms with Crippen LogP contribution in [0, 0.1) is 18.7 Å². The van der Waals surface area contributed by atoms with Gasteiger partial charge in [0, 0.05) is 19.0 Å². The predicted octanol–water partition coefficient (Wildman–Crippen LogP) is 3.14. The van der Waals surface area contributed by atoms with Crippen LogP contribution in [0.25, 0.3) is 0 Å². The molecule has 27 heavy (non-hydrogen) atoms. The summed E-state index contributed by atoms with van der Waals surface area (Å²) in [6, 6.07) is 9.62. The first-order valence-corrected chi connectivity index (χ1v) is 8.52. The minimum atomic E-state index is -0.590. The Hall–Kier alpha value is -3.09. The molecule has 2 amide bonds. The maximum absolute atomic E-state index is 13.9. The number of anilines is 2. The molecule has 2 aromatic carbocycles. The van der Waals surface area contributed by atoms with Crippen LogP contribution in [-0.2, 0) is 9.59 Å². The highest BCUT2D eigenvalue weighted by atomic mass is 19.1. The van der Waals surface area contributed by atoms with Gasteiger partial charge in [0.05, 0.1) is 31.5 Å². The second kappa shape index (κ2) is 7.65. The third kappa shape index (κ3) is 3.86. The zero-order valence-corrected chi connectivity index (χ0v) is 15.4. The summed E-state index contributed by atoms with van der Waals surface area (Å²) < 4.78 is 24.4. The number of nitrogens with zero attached hydrogens (tertiary/aromatic N) is 1. The summed E-state index contributed by atoms with van der Waals surface area (Å²) in [6.07, 6.45) is 0.0413. The number of aryl methyl sites for hydroxylation is 1. The van der Waals surface area contributed by atoms with E-state index in [1.807, 2.05) is 6.92 Å². The van der Waals surface area contributed by atoms with Gasteiger partial charge >= 0.3 is 0 Å². The van der Waals surface area contributed by atoms with E-state index < -0.39 is 17.6 Å². The van der Waals surface area contributed by atoms with Crippen molar-refractivity contribution in [3.8, 4) is 11.5 Å². The molecule has 0 saturated carbocycles. The maximum Gasteiger partial charge on any atom is 0.229 e. The fraction of sp³-hybridized carbons (Fsp3) is 0.300. The van der Waals surface area contributed by atoms with Gasteiger partial charge in [-0.15, -0.1) is 0 Å². The minimum Gasteiger partial charge on any atom is -0.497 e. The maximum atomic E-state index is 13.9. The van der Waals surface area contributed by atoms with Gasteiger partial charge < -0.3 is 19.7 Å². The molecule has 1 aliphatic heterocycles. The number of halogens is 1. The molecule has 142 valence electrons. The average molecular weight is 372 g/mol. The fourth-order valence-electron chi connectivity index (χ4n) is 3.09. The Morgan fingerprint density at radius 2 is 1.96 bits per heavy atom. The molecule has 3 rings (SSSR count). The van der Waals surface area contributed by atoms with Gasteiger partial charge in [-0.1, -0.05) is 6.07 Å². The highest BCUT2D eigenvalue weighted by Gasteiger charge is 2.36. The number of carbonyl (C=O) groups excluding carboxylic acids is 2. The molecule has 1 N–H and O–H groups in total. The Morgan fingerprint density at radius 3 is 2.67 bits per heavy atom. The number of hydrogen-bond acceptors (Lipinski definition) is 4. The Kier molecular flexibility index (Phi) is 5.30. The van der Waals surface area contributed by atoms with E-state index in [4.69, 9.17) is 9.47 Å². The summed E-state index contributed by atoms with van der Waals surface area (Å²) in [7, 11) is 3.04. The van der Waals surface area contributed by atoms with Crippen LogP contribution in [0.1, 0.15) is 12.0 Å². The van der Waals surface area contributed by atoms with Gasteiger partial charge in [0.2, 0.25) is 11.8 Å². The van der Waals surface area contributed by atoms with Gasteiger partial charge in [0.15, 0.2) is 0 Å². The van der Waals surface area contributed by atoms with E-state index in [0.29, 0.717) is 17.2 Å². The lowest BCUT2D eigenvalue weighted by Crippen LogP contribution is -2.28. The molecule has 6 nitrogen and oxygen atoms in total. The van der Waals surface area contributed by atoms with Gasteiger partial charge in [-0.2, -0.15) is 0 Å². The summed E-state index contributed by atoms with van der Waals surface area (Å²) in [5, 5.41) is 2.59.